The average Bonchev–Trinajstić information content (AvgIpc) is 2.38. The van der Waals surface area contributed by atoms with Crippen molar-refractivity contribution in [3.63, 3.8) is 0 Å². The first-order valence-corrected chi connectivity index (χ1v) is 5.63. The minimum absolute atomic E-state index is 0.382. The Morgan fingerprint density at radius 2 is 1.74 bits per heavy atom. The molecule has 0 heterocycles. The Morgan fingerprint density at radius 1 is 1.16 bits per heavy atom. The first kappa shape index (κ1) is 14.5. The number of carbonyl (C=O) groups excluding carboxylic acids is 3. The van der Waals surface area contributed by atoms with Crippen LogP contribution in [0.3, 0.4) is 0 Å². The lowest BCUT2D eigenvalue weighted by atomic mass is 10.2. The summed E-state index contributed by atoms with van der Waals surface area (Å²) in [5.41, 5.74) is 6.14. The zero-order valence-electron chi connectivity index (χ0n) is 10.7. The molecule has 1 rings (SSSR count). The van der Waals surface area contributed by atoms with Crippen molar-refractivity contribution >= 4 is 23.5 Å². The van der Waals surface area contributed by atoms with Crippen LogP contribution in [0.1, 0.15) is 17.3 Å². The highest BCUT2D eigenvalue weighted by molar-refractivity contribution is 5.98. The maximum atomic E-state index is 11.6. The lowest BCUT2D eigenvalue weighted by Crippen LogP contribution is -2.44. The molecule has 4 amide bonds. The Balaban J connectivity index is 2.61. The van der Waals surface area contributed by atoms with Crippen LogP contribution in [0.4, 0.5) is 10.5 Å². The molecule has 1 atom stereocenters. The molecule has 19 heavy (non-hydrogen) atoms. The standard InChI is InChI=1S/C12H16N4O3/c1-7(11(18)16-12(19)14-2)15-9-5-3-8(4-6-9)10(13)17/h3-7,15H,1-2H3,(H2,13,17)(H2,14,16,18,19)/t7-/m0/s1. The van der Waals surface area contributed by atoms with Crippen LogP contribution >= 0.6 is 0 Å². The number of anilines is 1. The number of primary amides is 1. The minimum atomic E-state index is -0.600. The van der Waals surface area contributed by atoms with Crippen molar-refractivity contribution in [2.24, 2.45) is 5.73 Å². The summed E-state index contributed by atoms with van der Waals surface area (Å²) in [6.45, 7) is 1.61. The Morgan fingerprint density at radius 3 is 2.21 bits per heavy atom. The van der Waals surface area contributed by atoms with Gasteiger partial charge in [-0.3, -0.25) is 14.9 Å². The van der Waals surface area contributed by atoms with E-state index < -0.39 is 23.9 Å². The van der Waals surface area contributed by atoms with Crippen molar-refractivity contribution in [3.8, 4) is 0 Å². The van der Waals surface area contributed by atoms with E-state index in [4.69, 9.17) is 5.73 Å². The molecule has 0 fully saturated rings. The van der Waals surface area contributed by atoms with E-state index in [0.717, 1.165) is 0 Å². The summed E-state index contributed by atoms with van der Waals surface area (Å²) in [5.74, 6) is -0.977. The third kappa shape index (κ3) is 4.30. The number of carbonyl (C=O) groups is 3. The van der Waals surface area contributed by atoms with E-state index in [1.54, 1.807) is 31.2 Å². The van der Waals surface area contributed by atoms with Crippen LogP contribution in [0.2, 0.25) is 0 Å². The number of hydrogen-bond donors (Lipinski definition) is 4. The molecule has 1 aromatic rings. The summed E-state index contributed by atoms with van der Waals surface area (Å²) in [6, 6.07) is 5.19. The second-order valence-corrected chi connectivity index (χ2v) is 3.88. The highest BCUT2D eigenvalue weighted by atomic mass is 16.2. The third-order valence-corrected chi connectivity index (χ3v) is 2.41. The van der Waals surface area contributed by atoms with Crippen molar-refractivity contribution in [3.05, 3.63) is 29.8 Å². The number of benzene rings is 1. The van der Waals surface area contributed by atoms with Crippen molar-refractivity contribution in [1.29, 1.82) is 0 Å². The molecule has 5 N–H and O–H groups in total. The summed E-state index contributed by atoms with van der Waals surface area (Å²) < 4.78 is 0. The third-order valence-electron chi connectivity index (χ3n) is 2.41. The predicted molar refractivity (Wildman–Crippen MR) is 70.6 cm³/mol. The molecule has 1 aromatic carbocycles. The van der Waals surface area contributed by atoms with Crippen molar-refractivity contribution in [2.75, 3.05) is 12.4 Å². The topological polar surface area (TPSA) is 113 Å². The van der Waals surface area contributed by atoms with E-state index in [9.17, 15) is 14.4 Å². The van der Waals surface area contributed by atoms with Gasteiger partial charge < -0.3 is 16.4 Å². The molecule has 0 aliphatic carbocycles. The van der Waals surface area contributed by atoms with Gasteiger partial charge in [-0.25, -0.2) is 4.79 Å². The first-order valence-electron chi connectivity index (χ1n) is 5.63. The van der Waals surface area contributed by atoms with Crippen LogP contribution in [0.15, 0.2) is 24.3 Å². The van der Waals surface area contributed by atoms with Crippen LogP contribution < -0.4 is 21.7 Å². The van der Waals surface area contributed by atoms with Crippen LogP contribution in [-0.2, 0) is 4.79 Å². The van der Waals surface area contributed by atoms with Crippen LogP contribution in [0.25, 0.3) is 0 Å². The van der Waals surface area contributed by atoms with Gasteiger partial charge in [-0.2, -0.15) is 0 Å². The van der Waals surface area contributed by atoms with Crippen molar-refractivity contribution < 1.29 is 14.4 Å². The fraction of sp³-hybridized carbons (Fsp3) is 0.250. The van der Waals surface area contributed by atoms with Gasteiger partial charge in [0.1, 0.15) is 6.04 Å². The molecule has 0 aliphatic heterocycles. The molecule has 7 nitrogen and oxygen atoms in total. The molecule has 0 bridgehead atoms. The lowest BCUT2D eigenvalue weighted by Gasteiger charge is -2.14. The molecule has 7 heteroatoms. The van der Waals surface area contributed by atoms with Gasteiger partial charge in [-0.05, 0) is 31.2 Å². The fourth-order valence-electron chi connectivity index (χ4n) is 1.33. The molecule has 0 spiro atoms. The number of nitrogens with one attached hydrogen (secondary N) is 3. The molecular formula is C12H16N4O3. The zero-order valence-corrected chi connectivity index (χ0v) is 10.7. The van der Waals surface area contributed by atoms with Gasteiger partial charge in [-0.15, -0.1) is 0 Å². The summed E-state index contributed by atoms with van der Waals surface area (Å²) in [7, 11) is 1.42. The van der Waals surface area contributed by atoms with E-state index in [-0.39, 0.29) is 0 Å². The monoisotopic (exact) mass is 264 g/mol. The van der Waals surface area contributed by atoms with Gasteiger partial charge in [0.25, 0.3) is 0 Å². The van der Waals surface area contributed by atoms with E-state index in [1.165, 1.54) is 7.05 Å². The van der Waals surface area contributed by atoms with Crippen LogP contribution in [-0.4, -0.2) is 30.9 Å². The number of rotatable bonds is 4. The molecule has 0 aromatic heterocycles. The van der Waals surface area contributed by atoms with Gasteiger partial charge in [0.05, 0.1) is 0 Å². The van der Waals surface area contributed by atoms with Crippen LogP contribution in [0.5, 0.6) is 0 Å². The Kier molecular flexibility index (Phi) is 4.87. The normalized spacial score (nSPS) is 11.3. The van der Waals surface area contributed by atoms with Gasteiger partial charge in [0.15, 0.2) is 0 Å². The molecular weight excluding hydrogens is 248 g/mol. The van der Waals surface area contributed by atoms with Gasteiger partial charge in [0, 0.05) is 18.3 Å². The summed E-state index contributed by atoms with van der Waals surface area (Å²) in [5, 5.41) is 7.33. The quantitative estimate of drug-likeness (QED) is 0.615. The Hall–Kier alpha value is -2.57. The number of urea groups is 1. The Labute approximate surface area is 110 Å². The largest absolute Gasteiger partial charge is 0.374 e. The van der Waals surface area contributed by atoms with Gasteiger partial charge in [0.2, 0.25) is 11.8 Å². The van der Waals surface area contributed by atoms with E-state index >= 15 is 0 Å². The summed E-state index contributed by atoms with van der Waals surface area (Å²) in [4.78, 5) is 33.5. The van der Waals surface area contributed by atoms with Crippen molar-refractivity contribution in [1.82, 2.24) is 10.6 Å². The lowest BCUT2D eigenvalue weighted by molar-refractivity contribution is -0.120. The first-order chi connectivity index (χ1) is 8.93. The van der Waals surface area contributed by atoms with Gasteiger partial charge in [-0.1, -0.05) is 0 Å². The summed E-state index contributed by atoms with van der Waals surface area (Å²) in [6.07, 6.45) is 0. The minimum Gasteiger partial charge on any atom is -0.374 e. The molecule has 0 saturated heterocycles. The van der Waals surface area contributed by atoms with E-state index in [0.29, 0.717) is 11.3 Å². The molecule has 0 saturated carbocycles. The maximum absolute atomic E-state index is 11.6. The van der Waals surface area contributed by atoms with E-state index in [1.807, 2.05) is 0 Å². The fourth-order valence-corrected chi connectivity index (χ4v) is 1.33. The number of amides is 4. The number of hydrogen-bond acceptors (Lipinski definition) is 4. The predicted octanol–water partition coefficient (Wildman–Crippen LogP) is 0.0415. The van der Waals surface area contributed by atoms with E-state index in [2.05, 4.69) is 16.0 Å². The smallest absolute Gasteiger partial charge is 0.321 e. The molecule has 0 aliphatic rings. The highest BCUT2D eigenvalue weighted by Gasteiger charge is 2.14. The average molecular weight is 264 g/mol. The molecule has 0 radical (unpaired) electrons. The molecule has 0 unspecified atom stereocenters. The SMILES string of the molecule is CNC(=O)NC(=O)[C@H](C)Nc1ccc(C(N)=O)cc1. The number of imide groups is 1. The second-order valence-electron chi connectivity index (χ2n) is 3.88. The zero-order chi connectivity index (χ0) is 14.4. The Bertz CT molecular complexity index is 484. The van der Waals surface area contributed by atoms with Gasteiger partial charge >= 0.3 is 6.03 Å². The van der Waals surface area contributed by atoms with Crippen molar-refractivity contribution in [2.45, 2.75) is 13.0 Å². The molecule has 102 valence electrons. The van der Waals surface area contributed by atoms with Crippen LogP contribution in [0, 0.1) is 0 Å². The number of nitrogens with two attached hydrogens (primary N) is 1. The summed E-state index contributed by atoms with van der Waals surface area (Å²) >= 11 is 0. The highest BCUT2D eigenvalue weighted by Crippen LogP contribution is 2.10. The maximum Gasteiger partial charge on any atom is 0.321 e. The second kappa shape index (κ2) is 6.39.